The molecular formula is C18H28N2O2. The largest absolute Gasteiger partial charge is 0.494 e. The summed E-state index contributed by atoms with van der Waals surface area (Å²) in [6, 6.07) is 7.49. The van der Waals surface area contributed by atoms with E-state index in [4.69, 9.17) is 4.74 Å². The lowest BCUT2D eigenvalue weighted by Crippen LogP contribution is -2.28. The van der Waals surface area contributed by atoms with Crippen molar-refractivity contribution in [2.75, 3.05) is 25.0 Å². The first-order valence-corrected chi connectivity index (χ1v) is 8.10. The van der Waals surface area contributed by atoms with Crippen molar-refractivity contribution in [3.63, 3.8) is 0 Å². The highest BCUT2D eigenvalue weighted by Gasteiger charge is 2.01. The molecule has 22 heavy (non-hydrogen) atoms. The van der Waals surface area contributed by atoms with E-state index in [9.17, 15) is 4.79 Å². The monoisotopic (exact) mass is 304 g/mol. The summed E-state index contributed by atoms with van der Waals surface area (Å²) < 4.78 is 5.69. The second-order valence-corrected chi connectivity index (χ2v) is 5.25. The van der Waals surface area contributed by atoms with Gasteiger partial charge in [0.2, 0.25) is 5.91 Å². The Bertz CT molecular complexity index is 429. The van der Waals surface area contributed by atoms with Gasteiger partial charge in [-0.3, -0.25) is 4.79 Å². The quantitative estimate of drug-likeness (QED) is 0.457. The standard InChI is InChI=1S/C18H28N2O2/c1-3-5-6-7-8-14-22-17-11-9-16(10-12-17)20-18(21)15-19-13-4-2/h4,9-12,19H,2-3,5-8,13-15H2,1H3,(H,20,21). The number of ether oxygens (including phenoxy) is 1. The molecule has 0 aliphatic rings. The van der Waals surface area contributed by atoms with Gasteiger partial charge in [-0.05, 0) is 30.7 Å². The number of carbonyl (C=O) groups is 1. The predicted octanol–water partition coefficient (Wildman–Crippen LogP) is 3.75. The van der Waals surface area contributed by atoms with Crippen LogP contribution >= 0.6 is 0 Å². The summed E-state index contributed by atoms with van der Waals surface area (Å²) in [5.41, 5.74) is 0.778. The smallest absolute Gasteiger partial charge is 0.238 e. The molecule has 0 atom stereocenters. The zero-order valence-corrected chi connectivity index (χ0v) is 13.6. The zero-order chi connectivity index (χ0) is 16.0. The van der Waals surface area contributed by atoms with Gasteiger partial charge in [-0.25, -0.2) is 0 Å². The molecule has 1 amide bonds. The summed E-state index contributed by atoms with van der Waals surface area (Å²) in [6.45, 7) is 7.46. The molecule has 0 heterocycles. The van der Waals surface area contributed by atoms with Crippen LogP contribution in [-0.4, -0.2) is 25.6 Å². The van der Waals surface area contributed by atoms with Gasteiger partial charge in [-0.15, -0.1) is 6.58 Å². The molecule has 0 saturated carbocycles. The maximum Gasteiger partial charge on any atom is 0.238 e. The van der Waals surface area contributed by atoms with Crippen LogP contribution in [0.25, 0.3) is 0 Å². The minimum absolute atomic E-state index is 0.0635. The highest BCUT2D eigenvalue weighted by molar-refractivity contribution is 5.92. The molecule has 0 aromatic heterocycles. The fourth-order valence-electron chi connectivity index (χ4n) is 2.02. The Hall–Kier alpha value is -1.81. The molecule has 1 aromatic carbocycles. The van der Waals surface area contributed by atoms with Crippen LogP contribution in [0.1, 0.15) is 39.0 Å². The van der Waals surface area contributed by atoms with Gasteiger partial charge in [0.05, 0.1) is 13.2 Å². The third kappa shape index (κ3) is 8.47. The molecule has 0 unspecified atom stereocenters. The number of rotatable bonds is 12. The Kier molecular flexibility index (Phi) is 9.79. The van der Waals surface area contributed by atoms with Crippen molar-refractivity contribution in [3.8, 4) is 5.75 Å². The van der Waals surface area contributed by atoms with Crippen molar-refractivity contribution in [1.29, 1.82) is 0 Å². The highest BCUT2D eigenvalue weighted by Crippen LogP contribution is 2.16. The fraction of sp³-hybridized carbons (Fsp3) is 0.500. The van der Waals surface area contributed by atoms with Gasteiger partial charge in [0.25, 0.3) is 0 Å². The molecule has 0 spiro atoms. The van der Waals surface area contributed by atoms with Gasteiger partial charge in [0.15, 0.2) is 0 Å². The van der Waals surface area contributed by atoms with E-state index in [1.54, 1.807) is 6.08 Å². The van der Waals surface area contributed by atoms with E-state index in [2.05, 4.69) is 24.1 Å². The summed E-state index contributed by atoms with van der Waals surface area (Å²) in [5.74, 6) is 0.782. The second-order valence-electron chi connectivity index (χ2n) is 5.25. The first kappa shape index (κ1) is 18.2. The summed E-state index contributed by atoms with van der Waals surface area (Å²) in [6.07, 6.45) is 7.88. The van der Waals surface area contributed by atoms with Crippen LogP contribution < -0.4 is 15.4 Å². The van der Waals surface area contributed by atoms with E-state index in [-0.39, 0.29) is 12.5 Å². The van der Waals surface area contributed by atoms with Crippen LogP contribution in [0, 0.1) is 0 Å². The Morgan fingerprint density at radius 2 is 1.91 bits per heavy atom. The van der Waals surface area contributed by atoms with Crippen molar-refractivity contribution < 1.29 is 9.53 Å². The number of anilines is 1. The maximum absolute atomic E-state index is 11.6. The molecule has 4 nitrogen and oxygen atoms in total. The summed E-state index contributed by atoms with van der Waals surface area (Å²) in [5, 5.41) is 5.79. The van der Waals surface area contributed by atoms with E-state index in [1.165, 1.54) is 25.7 Å². The third-order valence-electron chi connectivity index (χ3n) is 3.23. The number of hydrogen-bond acceptors (Lipinski definition) is 3. The Morgan fingerprint density at radius 1 is 1.18 bits per heavy atom. The molecule has 0 bridgehead atoms. The number of nitrogens with one attached hydrogen (secondary N) is 2. The van der Waals surface area contributed by atoms with Gasteiger partial charge in [0.1, 0.15) is 5.75 Å². The van der Waals surface area contributed by atoms with E-state index >= 15 is 0 Å². The number of carbonyl (C=O) groups excluding carboxylic acids is 1. The molecule has 0 fully saturated rings. The molecular weight excluding hydrogens is 276 g/mol. The highest BCUT2D eigenvalue weighted by atomic mass is 16.5. The molecule has 1 aromatic rings. The zero-order valence-electron chi connectivity index (χ0n) is 13.6. The van der Waals surface area contributed by atoms with Crippen molar-refractivity contribution in [2.45, 2.75) is 39.0 Å². The van der Waals surface area contributed by atoms with Crippen molar-refractivity contribution in [3.05, 3.63) is 36.9 Å². The molecule has 4 heteroatoms. The fourth-order valence-corrected chi connectivity index (χ4v) is 2.02. The van der Waals surface area contributed by atoms with Gasteiger partial charge >= 0.3 is 0 Å². The van der Waals surface area contributed by atoms with Crippen LogP contribution in [0.5, 0.6) is 5.75 Å². The number of unbranched alkanes of at least 4 members (excludes halogenated alkanes) is 4. The molecule has 0 radical (unpaired) electrons. The van der Waals surface area contributed by atoms with Crippen LogP contribution in [0.4, 0.5) is 5.69 Å². The summed E-state index contributed by atoms with van der Waals surface area (Å²) in [4.78, 5) is 11.6. The lowest BCUT2D eigenvalue weighted by Gasteiger charge is -2.08. The van der Waals surface area contributed by atoms with Gasteiger partial charge < -0.3 is 15.4 Å². The second kappa shape index (κ2) is 11.8. The third-order valence-corrected chi connectivity index (χ3v) is 3.23. The first-order valence-electron chi connectivity index (χ1n) is 8.10. The normalized spacial score (nSPS) is 10.2. The Balaban J connectivity index is 2.22. The van der Waals surface area contributed by atoms with E-state index in [0.717, 1.165) is 24.5 Å². The van der Waals surface area contributed by atoms with Crippen LogP contribution in [0.2, 0.25) is 0 Å². The van der Waals surface area contributed by atoms with Gasteiger partial charge in [-0.1, -0.05) is 38.7 Å². The Labute approximate surface area is 133 Å². The average molecular weight is 304 g/mol. The van der Waals surface area contributed by atoms with E-state index < -0.39 is 0 Å². The minimum Gasteiger partial charge on any atom is -0.494 e. The minimum atomic E-state index is -0.0635. The molecule has 0 aliphatic heterocycles. The average Bonchev–Trinajstić information content (AvgIpc) is 2.52. The molecule has 1 rings (SSSR count). The Morgan fingerprint density at radius 3 is 2.59 bits per heavy atom. The van der Waals surface area contributed by atoms with Crippen molar-refractivity contribution in [2.24, 2.45) is 0 Å². The van der Waals surface area contributed by atoms with Crippen LogP contribution in [0.3, 0.4) is 0 Å². The number of amides is 1. The lowest BCUT2D eigenvalue weighted by atomic mass is 10.2. The van der Waals surface area contributed by atoms with Gasteiger partial charge in [0, 0.05) is 12.2 Å². The molecule has 0 aliphatic carbocycles. The van der Waals surface area contributed by atoms with E-state index in [0.29, 0.717) is 6.54 Å². The van der Waals surface area contributed by atoms with Crippen LogP contribution in [0.15, 0.2) is 36.9 Å². The SMILES string of the molecule is C=CCNCC(=O)Nc1ccc(OCCCCCCC)cc1. The van der Waals surface area contributed by atoms with Crippen LogP contribution in [-0.2, 0) is 4.79 Å². The summed E-state index contributed by atoms with van der Waals surface area (Å²) >= 11 is 0. The lowest BCUT2D eigenvalue weighted by molar-refractivity contribution is -0.115. The van der Waals surface area contributed by atoms with Crippen molar-refractivity contribution >= 4 is 11.6 Å². The summed E-state index contributed by atoms with van der Waals surface area (Å²) in [7, 11) is 0. The number of benzene rings is 1. The molecule has 0 saturated heterocycles. The molecule has 122 valence electrons. The number of hydrogen-bond donors (Lipinski definition) is 2. The first-order chi connectivity index (χ1) is 10.8. The van der Waals surface area contributed by atoms with Gasteiger partial charge in [-0.2, -0.15) is 0 Å². The predicted molar refractivity (Wildman–Crippen MR) is 92.4 cm³/mol. The van der Waals surface area contributed by atoms with E-state index in [1.807, 2.05) is 24.3 Å². The molecule has 2 N–H and O–H groups in total. The maximum atomic E-state index is 11.6. The van der Waals surface area contributed by atoms with Crippen molar-refractivity contribution in [1.82, 2.24) is 5.32 Å². The topological polar surface area (TPSA) is 50.4 Å².